The van der Waals surface area contributed by atoms with Crippen molar-refractivity contribution >= 4 is 0 Å². The molecule has 0 bridgehead atoms. The van der Waals surface area contributed by atoms with Gasteiger partial charge in [-0.25, -0.2) is 4.98 Å². The van der Waals surface area contributed by atoms with E-state index in [4.69, 9.17) is 0 Å². The van der Waals surface area contributed by atoms with Gasteiger partial charge in [-0.2, -0.15) is 5.10 Å². The Balaban J connectivity index is 1.82. The highest BCUT2D eigenvalue weighted by Crippen LogP contribution is 2.04. The number of nitrogens with one attached hydrogen (secondary N) is 1. The zero-order valence-electron chi connectivity index (χ0n) is 11.3. The lowest BCUT2D eigenvalue weighted by Gasteiger charge is -2.05. The first kappa shape index (κ1) is 12.8. The van der Waals surface area contributed by atoms with Crippen LogP contribution in [0.5, 0.6) is 0 Å². The van der Waals surface area contributed by atoms with Crippen molar-refractivity contribution in [3.8, 4) is 0 Å². The van der Waals surface area contributed by atoms with Crippen molar-refractivity contribution in [1.29, 1.82) is 0 Å². The maximum atomic E-state index is 4.46. The number of aryl methyl sites for hydroxylation is 4. The van der Waals surface area contributed by atoms with E-state index in [1.165, 1.54) is 5.69 Å². The van der Waals surface area contributed by atoms with Crippen molar-refractivity contribution < 1.29 is 0 Å². The van der Waals surface area contributed by atoms with Crippen LogP contribution >= 0.6 is 0 Å². The van der Waals surface area contributed by atoms with Crippen LogP contribution in [0.2, 0.25) is 0 Å². The molecule has 0 aromatic carbocycles. The summed E-state index contributed by atoms with van der Waals surface area (Å²) in [6.07, 6.45) is 5.06. The fourth-order valence-corrected chi connectivity index (χ4v) is 2.11. The molecule has 0 atom stereocenters. The Morgan fingerprint density at radius 2 is 2.11 bits per heavy atom. The lowest BCUT2D eigenvalue weighted by atomic mass is 10.4. The molecule has 0 radical (unpaired) electrons. The number of hydrogen-bond donors (Lipinski definition) is 1. The molecule has 0 saturated heterocycles. The summed E-state index contributed by atoms with van der Waals surface area (Å²) in [5, 5.41) is 7.56. The van der Waals surface area contributed by atoms with Gasteiger partial charge in [-0.3, -0.25) is 4.68 Å². The standard InChI is InChI=1S/C13H21N5/c1-11-7-12(2)18(16-11)6-4-5-17-9-13(8-14-3)15-10-17/h7,9-10,14H,4-6,8H2,1-3H3. The second-order valence-corrected chi connectivity index (χ2v) is 4.64. The molecule has 2 aromatic heterocycles. The molecule has 0 saturated carbocycles. The maximum Gasteiger partial charge on any atom is 0.0949 e. The van der Waals surface area contributed by atoms with Crippen LogP contribution in [0.3, 0.4) is 0 Å². The lowest BCUT2D eigenvalue weighted by Crippen LogP contribution is -2.06. The van der Waals surface area contributed by atoms with Gasteiger partial charge in [0, 0.05) is 31.5 Å². The third-order valence-electron chi connectivity index (χ3n) is 2.93. The summed E-state index contributed by atoms with van der Waals surface area (Å²) >= 11 is 0. The summed E-state index contributed by atoms with van der Waals surface area (Å²) in [5.41, 5.74) is 3.41. The van der Waals surface area contributed by atoms with Crippen LogP contribution in [-0.4, -0.2) is 26.4 Å². The molecule has 2 rings (SSSR count). The molecule has 5 nitrogen and oxygen atoms in total. The zero-order valence-corrected chi connectivity index (χ0v) is 11.3. The van der Waals surface area contributed by atoms with Gasteiger partial charge in [0.2, 0.25) is 0 Å². The highest BCUT2D eigenvalue weighted by molar-refractivity contribution is 5.06. The van der Waals surface area contributed by atoms with Crippen LogP contribution < -0.4 is 5.32 Å². The molecule has 0 fully saturated rings. The number of rotatable bonds is 6. The summed E-state index contributed by atoms with van der Waals surface area (Å²) in [6, 6.07) is 2.11. The van der Waals surface area contributed by atoms with Crippen molar-refractivity contribution in [2.24, 2.45) is 0 Å². The van der Waals surface area contributed by atoms with Crippen LogP contribution in [0.25, 0.3) is 0 Å². The van der Waals surface area contributed by atoms with Crippen molar-refractivity contribution in [2.75, 3.05) is 7.05 Å². The predicted octanol–water partition coefficient (Wildman–Crippen LogP) is 1.51. The molecule has 0 aliphatic rings. The molecule has 0 spiro atoms. The summed E-state index contributed by atoms with van der Waals surface area (Å²) in [4.78, 5) is 4.33. The molecule has 98 valence electrons. The first-order valence-electron chi connectivity index (χ1n) is 6.35. The van der Waals surface area contributed by atoms with E-state index in [-0.39, 0.29) is 0 Å². The van der Waals surface area contributed by atoms with Crippen molar-refractivity contribution in [2.45, 2.75) is 39.9 Å². The summed E-state index contributed by atoms with van der Waals surface area (Å²) in [5.74, 6) is 0. The SMILES string of the molecule is CNCc1cn(CCCn2nc(C)cc2C)cn1. The van der Waals surface area contributed by atoms with E-state index in [2.05, 4.69) is 43.8 Å². The Bertz CT molecular complexity index is 497. The monoisotopic (exact) mass is 247 g/mol. The normalized spacial score (nSPS) is 11.1. The smallest absolute Gasteiger partial charge is 0.0949 e. The molecule has 0 unspecified atom stereocenters. The van der Waals surface area contributed by atoms with E-state index >= 15 is 0 Å². The summed E-state index contributed by atoms with van der Waals surface area (Å²) in [7, 11) is 1.93. The quantitative estimate of drug-likeness (QED) is 0.841. The fourth-order valence-electron chi connectivity index (χ4n) is 2.11. The molecule has 18 heavy (non-hydrogen) atoms. The molecule has 5 heteroatoms. The highest BCUT2D eigenvalue weighted by atomic mass is 15.3. The average Bonchev–Trinajstić information content (AvgIpc) is 2.87. The van der Waals surface area contributed by atoms with Gasteiger partial charge in [0.05, 0.1) is 17.7 Å². The molecule has 2 aromatic rings. The van der Waals surface area contributed by atoms with Crippen LogP contribution in [0, 0.1) is 13.8 Å². The fraction of sp³-hybridized carbons (Fsp3) is 0.538. The minimum absolute atomic E-state index is 0.824. The second-order valence-electron chi connectivity index (χ2n) is 4.64. The Kier molecular flexibility index (Phi) is 4.15. The molecular weight excluding hydrogens is 226 g/mol. The summed E-state index contributed by atoms with van der Waals surface area (Å²) < 4.78 is 4.21. The Morgan fingerprint density at radius 1 is 1.28 bits per heavy atom. The van der Waals surface area contributed by atoms with Gasteiger partial charge in [0.1, 0.15) is 0 Å². The minimum Gasteiger partial charge on any atom is -0.337 e. The second kappa shape index (κ2) is 5.82. The third kappa shape index (κ3) is 3.20. The van der Waals surface area contributed by atoms with Crippen LogP contribution in [0.15, 0.2) is 18.6 Å². The Hall–Kier alpha value is -1.62. The van der Waals surface area contributed by atoms with Crippen molar-refractivity contribution in [3.63, 3.8) is 0 Å². The molecule has 1 N–H and O–H groups in total. The Morgan fingerprint density at radius 3 is 2.78 bits per heavy atom. The maximum absolute atomic E-state index is 4.46. The van der Waals surface area contributed by atoms with E-state index in [9.17, 15) is 0 Å². The highest BCUT2D eigenvalue weighted by Gasteiger charge is 2.01. The average molecular weight is 247 g/mol. The molecule has 2 heterocycles. The molecule has 0 amide bonds. The molecule has 0 aliphatic heterocycles. The van der Waals surface area contributed by atoms with Crippen LogP contribution in [-0.2, 0) is 19.6 Å². The summed E-state index contributed by atoms with van der Waals surface area (Å²) in [6.45, 7) is 6.89. The number of hydrogen-bond acceptors (Lipinski definition) is 3. The number of imidazole rings is 1. The van der Waals surface area contributed by atoms with Crippen LogP contribution in [0.4, 0.5) is 0 Å². The Labute approximate surface area is 108 Å². The topological polar surface area (TPSA) is 47.7 Å². The van der Waals surface area contributed by atoms with Gasteiger partial charge >= 0.3 is 0 Å². The van der Waals surface area contributed by atoms with Gasteiger partial charge < -0.3 is 9.88 Å². The van der Waals surface area contributed by atoms with Gasteiger partial charge in [0.15, 0.2) is 0 Å². The van der Waals surface area contributed by atoms with E-state index in [1.54, 1.807) is 0 Å². The lowest BCUT2D eigenvalue weighted by molar-refractivity contribution is 0.516. The van der Waals surface area contributed by atoms with Gasteiger partial charge in [-0.15, -0.1) is 0 Å². The number of nitrogens with zero attached hydrogens (tertiary/aromatic N) is 4. The predicted molar refractivity (Wildman–Crippen MR) is 71.3 cm³/mol. The van der Waals surface area contributed by atoms with E-state index in [0.29, 0.717) is 0 Å². The van der Waals surface area contributed by atoms with E-state index < -0.39 is 0 Å². The van der Waals surface area contributed by atoms with Crippen molar-refractivity contribution in [1.82, 2.24) is 24.6 Å². The van der Waals surface area contributed by atoms with Gasteiger partial charge in [-0.1, -0.05) is 0 Å². The molecule has 0 aliphatic carbocycles. The van der Waals surface area contributed by atoms with Crippen LogP contribution in [0.1, 0.15) is 23.5 Å². The van der Waals surface area contributed by atoms with Gasteiger partial charge in [-0.05, 0) is 33.4 Å². The minimum atomic E-state index is 0.824. The molecular formula is C13H21N5. The first-order chi connectivity index (χ1) is 8.69. The van der Waals surface area contributed by atoms with Gasteiger partial charge in [0.25, 0.3) is 0 Å². The zero-order chi connectivity index (χ0) is 13.0. The largest absolute Gasteiger partial charge is 0.337 e. The number of aromatic nitrogens is 4. The third-order valence-corrected chi connectivity index (χ3v) is 2.93. The van der Waals surface area contributed by atoms with Crippen molar-refractivity contribution in [3.05, 3.63) is 35.7 Å². The van der Waals surface area contributed by atoms with E-state index in [1.807, 2.05) is 20.3 Å². The first-order valence-corrected chi connectivity index (χ1v) is 6.35. The van der Waals surface area contributed by atoms with E-state index in [0.717, 1.165) is 37.4 Å².